The van der Waals surface area contributed by atoms with Crippen LogP contribution in [-0.2, 0) is 19.6 Å². The molecule has 3 rings (SSSR count). The van der Waals surface area contributed by atoms with Gasteiger partial charge in [0.05, 0.1) is 22.8 Å². The average Bonchev–Trinajstić information content (AvgIpc) is 2.80. The zero-order valence-electron chi connectivity index (χ0n) is 19.0. The van der Waals surface area contributed by atoms with Crippen LogP contribution >= 0.6 is 11.6 Å². The van der Waals surface area contributed by atoms with Crippen LogP contribution in [-0.4, -0.2) is 33.4 Å². The Morgan fingerprint density at radius 3 is 2.35 bits per heavy atom. The van der Waals surface area contributed by atoms with Gasteiger partial charge in [-0.1, -0.05) is 41.4 Å². The summed E-state index contributed by atoms with van der Waals surface area (Å²) in [5, 5.41) is 3.03. The highest BCUT2D eigenvalue weighted by molar-refractivity contribution is 7.92. The third-order valence-corrected chi connectivity index (χ3v) is 7.19. The minimum atomic E-state index is -4.08. The van der Waals surface area contributed by atoms with Crippen LogP contribution in [0.15, 0.2) is 71.6 Å². The number of esters is 1. The summed E-state index contributed by atoms with van der Waals surface area (Å²) in [4.78, 5) is 25.0. The molecule has 0 aliphatic rings. The normalized spacial score (nSPS) is 11.1. The van der Waals surface area contributed by atoms with Gasteiger partial charge in [0, 0.05) is 10.7 Å². The zero-order valence-corrected chi connectivity index (χ0v) is 20.6. The number of nitrogens with zero attached hydrogens (tertiary/aromatic N) is 1. The van der Waals surface area contributed by atoms with Crippen molar-refractivity contribution in [1.29, 1.82) is 0 Å². The highest BCUT2D eigenvalue weighted by Gasteiger charge is 2.27. The van der Waals surface area contributed by atoms with E-state index in [0.29, 0.717) is 10.7 Å². The molecule has 1 N–H and O–H groups in total. The standard InChI is InChI=1S/C25H25ClN2O5S/c1-4-33-25(30)19-6-5-7-20(14-19)27-24(29)16-28(21-11-10-18(3)23(26)15-21)34(31,32)22-12-8-17(2)9-13-22/h5-15H,4,16H2,1-3H3,(H,27,29). The van der Waals surface area contributed by atoms with E-state index in [9.17, 15) is 18.0 Å². The first-order valence-electron chi connectivity index (χ1n) is 10.5. The van der Waals surface area contributed by atoms with Crippen LogP contribution in [0.3, 0.4) is 0 Å². The van der Waals surface area contributed by atoms with E-state index in [1.54, 1.807) is 56.3 Å². The van der Waals surface area contributed by atoms with Gasteiger partial charge in [0.25, 0.3) is 10.0 Å². The summed E-state index contributed by atoms with van der Waals surface area (Å²) < 4.78 is 33.0. The Kier molecular flexibility index (Phi) is 7.96. The lowest BCUT2D eigenvalue weighted by molar-refractivity contribution is -0.114. The van der Waals surface area contributed by atoms with Gasteiger partial charge in [-0.2, -0.15) is 0 Å². The summed E-state index contributed by atoms with van der Waals surface area (Å²) in [6.45, 7) is 5.07. The van der Waals surface area contributed by atoms with Gasteiger partial charge in [0.2, 0.25) is 5.91 Å². The maximum atomic E-state index is 13.5. The molecule has 3 aromatic rings. The van der Waals surface area contributed by atoms with E-state index < -0.39 is 28.4 Å². The number of rotatable bonds is 8. The van der Waals surface area contributed by atoms with Crippen LogP contribution in [0, 0.1) is 13.8 Å². The van der Waals surface area contributed by atoms with E-state index in [1.165, 1.54) is 24.3 Å². The van der Waals surface area contributed by atoms with Gasteiger partial charge in [-0.3, -0.25) is 9.10 Å². The Balaban J connectivity index is 1.92. The summed E-state index contributed by atoms with van der Waals surface area (Å²) in [5.74, 6) is -1.11. The van der Waals surface area contributed by atoms with Crippen molar-refractivity contribution >= 4 is 44.9 Å². The molecule has 0 spiro atoms. The van der Waals surface area contributed by atoms with E-state index in [-0.39, 0.29) is 22.8 Å². The lowest BCUT2D eigenvalue weighted by Crippen LogP contribution is -2.38. The smallest absolute Gasteiger partial charge is 0.338 e. The van der Waals surface area contributed by atoms with Crippen molar-refractivity contribution in [3.05, 3.63) is 88.4 Å². The number of nitrogens with one attached hydrogen (secondary N) is 1. The number of hydrogen-bond donors (Lipinski definition) is 1. The number of benzene rings is 3. The molecule has 178 valence electrons. The summed E-state index contributed by atoms with van der Waals surface area (Å²) >= 11 is 6.25. The van der Waals surface area contributed by atoms with Crippen LogP contribution in [0.25, 0.3) is 0 Å². The second kappa shape index (κ2) is 10.7. The Hall–Kier alpha value is -3.36. The SMILES string of the molecule is CCOC(=O)c1cccc(NC(=O)CN(c2ccc(C)c(Cl)c2)S(=O)(=O)c2ccc(C)cc2)c1. The molecule has 0 aliphatic carbocycles. The predicted octanol–water partition coefficient (Wildman–Crippen LogP) is 4.97. The highest BCUT2D eigenvalue weighted by atomic mass is 35.5. The molecule has 7 nitrogen and oxygen atoms in total. The minimum absolute atomic E-state index is 0.0481. The molecule has 0 bridgehead atoms. The number of ether oxygens (including phenoxy) is 1. The molecule has 0 aliphatic heterocycles. The van der Waals surface area contributed by atoms with Crippen LogP contribution in [0.2, 0.25) is 5.02 Å². The Bertz CT molecular complexity index is 1310. The van der Waals surface area contributed by atoms with Crippen molar-refractivity contribution in [2.24, 2.45) is 0 Å². The fraction of sp³-hybridized carbons (Fsp3) is 0.200. The van der Waals surface area contributed by atoms with E-state index in [1.807, 2.05) is 6.92 Å². The molecule has 0 saturated carbocycles. The first kappa shape index (κ1) is 25.3. The molecule has 0 unspecified atom stereocenters. The van der Waals surface area contributed by atoms with E-state index >= 15 is 0 Å². The van der Waals surface area contributed by atoms with Crippen molar-refractivity contribution in [1.82, 2.24) is 0 Å². The average molecular weight is 501 g/mol. The topological polar surface area (TPSA) is 92.8 Å². The number of sulfonamides is 1. The van der Waals surface area contributed by atoms with Crippen molar-refractivity contribution in [3.8, 4) is 0 Å². The molecule has 0 heterocycles. The first-order chi connectivity index (χ1) is 16.1. The van der Waals surface area contributed by atoms with E-state index in [2.05, 4.69) is 5.32 Å². The molecular weight excluding hydrogens is 476 g/mol. The van der Waals surface area contributed by atoms with Crippen LogP contribution in [0.4, 0.5) is 11.4 Å². The number of amides is 1. The summed E-state index contributed by atoms with van der Waals surface area (Å²) in [6, 6.07) is 17.4. The van der Waals surface area contributed by atoms with E-state index in [4.69, 9.17) is 16.3 Å². The minimum Gasteiger partial charge on any atom is -0.462 e. The van der Waals surface area contributed by atoms with Crippen molar-refractivity contribution in [3.63, 3.8) is 0 Å². The van der Waals surface area contributed by atoms with Crippen LogP contribution in [0.1, 0.15) is 28.4 Å². The Morgan fingerprint density at radius 1 is 1.00 bits per heavy atom. The number of anilines is 2. The predicted molar refractivity (Wildman–Crippen MR) is 133 cm³/mol. The van der Waals surface area contributed by atoms with Gasteiger partial charge in [-0.05, 0) is 68.8 Å². The van der Waals surface area contributed by atoms with Gasteiger partial charge in [-0.25, -0.2) is 13.2 Å². The maximum Gasteiger partial charge on any atom is 0.338 e. The number of carbonyl (C=O) groups is 2. The van der Waals surface area contributed by atoms with Crippen molar-refractivity contribution < 1.29 is 22.7 Å². The second-order valence-corrected chi connectivity index (χ2v) is 9.88. The first-order valence-corrected chi connectivity index (χ1v) is 12.4. The summed E-state index contributed by atoms with van der Waals surface area (Å²) in [5.41, 5.74) is 2.55. The monoisotopic (exact) mass is 500 g/mol. The van der Waals surface area contributed by atoms with Crippen LogP contribution < -0.4 is 9.62 Å². The van der Waals surface area contributed by atoms with Gasteiger partial charge in [0.15, 0.2) is 0 Å². The third-order valence-electron chi connectivity index (χ3n) is 5.00. The van der Waals surface area contributed by atoms with Gasteiger partial charge < -0.3 is 10.1 Å². The van der Waals surface area contributed by atoms with E-state index in [0.717, 1.165) is 15.4 Å². The molecule has 3 aromatic carbocycles. The van der Waals surface area contributed by atoms with Crippen molar-refractivity contribution in [2.75, 3.05) is 22.8 Å². The number of aryl methyl sites for hydroxylation is 2. The fourth-order valence-corrected chi connectivity index (χ4v) is 4.75. The molecule has 0 aromatic heterocycles. The molecular formula is C25H25ClN2O5S. The largest absolute Gasteiger partial charge is 0.462 e. The van der Waals surface area contributed by atoms with Crippen LogP contribution in [0.5, 0.6) is 0 Å². The highest BCUT2D eigenvalue weighted by Crippen LogP contribution is 2.28. The van der Waals surface area contributed by atoms with Gasteiger partial charge in [0.1, 0.15) is 6.54 Å². The molecule has 34 heavy (non-hydrogen) atoms. The lowest BCUT2D eigenvalue weighted by atomic mass is 10.2. The van der Waals surface area contributed by atoms with Gasteiger partial charge >= 0.3 is 5.97 Å². The Morgan fingerprint density at radius 2 is 1.71 bits per heavy atom. The van der Waals surface area contributed by atoms with Crippen molar-refractivity contribution in [2.45, 2.75) is 25.7 Å². The zero-order chi connectivity index (χ0) is 24.9. The molecule has 0 atom stereocenters. The molecule has 0 saturated heterocycles. The summed E-state index contributed by atoms with van der Waals surface area (Å²) in [6.07, 6.45) is 0. The lowest BCUT2D eigenvalue weighted by Gasteiger charge is -2.24. The fourth-order valence-electron chi connectivity index (χ4n) is 3.16. The maximum absolute atomic E-state index is 13.5. The molecule has 9 heteroatoms. The number of hydrogen-bond acceptors (Lipinski definition) is 5. The molecule has 0 radical (unpaired) electrons. The Labute approximate surface area is 204 Å². The second-order valence-electron chi connectivity index (χ2n) is 7.61. The molecule has 0 fully saturated rings. The number of carbonyl (C=O) groups excluding carboxylic acids is 2. The summed E-state index contributed by atoms with van der Waals surface area (Å²) in [7, 11) is -4.08. The molecule has 1 amide bonds. The quantitative estimate of drug-likeness (QED) is 0.441. The van der Waals surface area contributed by atoms with Gasteiger partial charge in [-0.15, -0.1) is 0 Å². The number of halogens is 1. The third kappa shape index (κ3) is 5.95.